The van der Waals surface area contributed by atoms with Gasteiger partial charge in [-0.3, -0.25) is 0 Å². The van der Waals surface area contributed by atoms with Crippen LogP contribution in [0.3, 0.4) is 0 Å². The fraction of sp³-hybridized carbons (Fsp3) is 0.261. The summed E-state index contributed by atoms with van der Waals surface area (Å²) in [6.45, 7) is 7.46. The molecule has 0 spiro atoms. The molecule has 0 aliphatic rings. The van der Waals surface area contributed by atoms with Crippen LogP contribution in [0, 0.1) is 13.8 Å². The Bertz CT molecular complexity index is 1120. The average Bonchev–Trinajstić information content (AvgIpc) is 3.38. The summed E-state index contributed by atoms with van der Waals surface area (Å²) >= 11 is 3.34. The summed E-state index contributed by atoms with van der Waals surface area (Å²) in [7, 11) is 0. The third-order valence-corrected chi connectivity index (χ3v) is 6.61. The van der Waals surface area contributed by atoms with E-state index in [4.69, 9.17) is 9.72 Å². The molecule has 0 N–H and O–H groups in total. The number of aryl methyl sites for hydroxylation is 2. The van der Waals surface area contributed by atoms with Gasteiger partial charge in [0.1, 0.15) is 17.4 Å². The van der Waals surface area contributed by atoms with Crippen molar-refractivity contribution < 1.29 is 4.74 Å². The summed E-state index contributed by atoms with van der Waals surface area (Å²) in [5.41, 5.74) is 4.69. The van der Waals surface area contributed by atoms with Crippen LogP contribution < -0.4 is 4.74 Å². The standard InChI is InChI=1S/C23H24N4OS2/c1-4-27-21(13-28-20-10-8-16(2)9-11-20)25-26-23(27)30-15-19-14-29-22(24-19)18-7-5-6-17(3)12-18/h5-12,14H,4,13,15H2,1-3H3. The molecule has 2 aromatic carbocycles. The third-order valence-electron chi connectivity index (χ3n) is 4.66. The Morgan fingerprint density at radius 2 is 1.87 bits per heavy atom. The minimum atomic E-state index is 0.401. The molecule has 0 atom stereocenters. The van der Waals surface area contributed by atoms with Gasteiger partial charge in [-0.15, -0.1) is 21.5 Å². The highest BCUT2D eigenvalue weighted by atomic mass is 32.2. The fourth-order valence-electron chi connectivity index (χ4n) is 3.06. The second-order valence-corrected chi connectivity index (χ2v) is 8.85. The Morgan fingerprint density at radius 1 is 1.03 bits per heavy atom. The predicted molar refractivity (Wildman–Crippen MR) is 123 cm³/mol. The zero-order valence-electron chi connectivity index (χ0n) is 17.3. The van der Waals surface area contributed by atoms with Crippen molar-refractivity contribution in [2.75, 3.05) is 0 Å². The Labute approximate surface area is 185 Å². The molecule has 5 nitrogen and oxygen atoms in total. The van der Waals surface area contributed by atoms with E-state index >= 15 is 0 Å². The van der Waals surface area contributed by atoms with Crippen LogP contribution in [0.1, 0.15) is 29.6 Å². The van der Waals surface area contributed by atoms with E-state index in [2.05, 4.69) is 65.2 Å². The van der Waals surface area contributed by atoms with E-state index in [1.54, 1.807) is 23.1 Å². The van der Waals surface area contributed by atoms with E-state index in [-0.39, 0.29) is 0 Å². The summed E-state index contributed by atoms with van der Waals surface area (Å²) in [6, 6.07) is 16.5. The first-order chi connectivity index (χ1) is 14.6. The number of thioether (sulfide) groups is 1. The lowest BCUT2D eigenvalue weighted by molar-refractivity contribution is 0.288. The number of ether oxygens (including phenoxy) is 1. The molecule has 0 aliphatic carbocycles. The molecule has 0 radical (unpaired) electrons. The molecule has 0 aliphatic heterocycles. The van der Waals surface area contributed by atoms with Gasteiger partial charge in [0.25, 0.3) is 0 Å². The SMILES string of the molecule is CCn1c(COc2ccc(C)cc2)nnc1SCc1csc(-c2cccc(C)c2)n1. The van der Waals surface area contributed by atoms with Gasteiger partial charge in [0.05, 0.1) is 5.69 Å². The smallest absolute Gasteiger partial charge is 0.191 e. The molecular weight excluding hydrogens is 412 g/mol. The maximum absolute atomic E-state index is 5.88. The van der Waals surface area contributed by atoms with Crippen LogP contribution in [0.4, 0.5) is 0 Å². The molecule has 7 heteroatoms. The minimum absolute atomic E-state index is 0.401. The highest BCUT2D eigenvalue weighted by Gasteiger charge is 2.13. The van der Waals surface area contributed by atoms with E-state index in [9.17, 15) is 0 Å². The highest BCUT2D eigenvalue weighted by Crippen LogP contribution is 2.28. The van der Waals surface area contributed by atoms with Crippen molar-refractivity contribution in [1.29, 1.82) is 0 Å². The van der Waals surface area contributed by atoms with Crippen LogP contribution in [-0.2, 0) is 18.9 Å². The predicted octanol–water partition coefficient (Wildman–Crippen LogP) is 5.91. The zero-order chi connectivity index (χ0) is 20.9. The fourth-order valence-corrected chi connectivity index (χ4v) is 4.89. The molecule has 30 heavy (non-hydrogen) atoms. The summed E-state index contributed by atoms with van der Waals surface area (Å²) in [4.78, 5) is 4.80. The first kappa shape index (κ1) is 20.6. The number of benzene rings is 2. The third kappa shape index (κ3) is 4.91. The van der Waals surface area contributed by atoms with Crippen LogP contribution in [0.15, 0.2) is 59.1 Å². The topological polar surface area (TPSA) is 52.8 Å². The minimum Gasteiger partial charge on any atom is -0.486 e. The van der Waals surface area contributed by atoms with Crippen LogP contribution >= 0.6 is 23.1 Å². The van der Waals surface area contributed by atoms with Gasteiger partial charge in [0, 0.05) is 23.2 Å². The summed E-state index contributed by atoms with van der Waals surface area (Å²) in [6.07, 6.45) is 0. The lowest BCUT2D eigenvalue weighted by atomic mass is 10.1. The second kappa shape index (κ2) is 9.45. The van der Waals surface area contributed by atoms with Gasteiger partial charge in [-0.1, -0.05) is 53.2 Å². The molecule has 0 unspecified atom stereocenters. The van der Waals surface area contributed by atoms with E-state index in [0.717, 1.165) is 39.7 Å². The second-order valence-electron chi connectivity index (χ2n) is 7.05. The largest absolute Gasteiger partial charge is 0.486 e. The van der Waals surface area contributed by atoms with Gasteiger partial charge in [-0.2, -0.15) is 0 Å². The van der Waals surface area contributed by atoms with Crippen molar-refractivity contribution in [1.82, 2.24) is 19.7 Å². The van der Waals surface area contributed by atoms with Crippen molar-refractivity contribution >= 4 is 23.1 Å². The van der Waals surface area contributed by atoms with Gasteiger partial charge >= 0.3 is 0 Å². The van der Waals surface area contributed by atoms with Crippen molar-refractivity contribution in [3.8, 4) is 16.3 Å². The van der Waals surface area contributed by atoms with Crippen molar-refractivity contribution in [2.45, 2.75) is 44.8 Å². The van der Waals surface area contributed by atoms with Gasteiger partial charge in [-0.05, 0) is 39.0 Å². The summed E-state index contributed by atoms with van der Waals surface area (Å²) in [5, 5.41) is 12.8. The van der Waals surface area contributed by atoms with Crippen LogP contribution in [-0.4, -0.2) is 19.7 Å². The molecule has 4 aromatic rings. The van der Waals surface area contributed by atoms with Gasteiger partial charge in [0.2, 0.25) is 0 Å². The van der Waals surface area contributed by atoms with Gasteiger partial charge < -0.3 is 9.30 Å². The molecule has 0 saturated carbocycles. The quantitative estimate of drug-likeness (QED) is 0.321. The number of nitrogens with zero attached hydrogens (tertiary/aromatic N) is 4. The molecule has 0 bridgehead atoms. The normalized spacial score (nSPS) is 11.0. The molecule has 0 saturated heterocycles. The van der Waals surface area contributed by atoms with E-state index in [1.165, 1.54) is 16.7 Å². The molecule has 0 amide bonds. The summed E-state index contributed by atoms with van der Waals surface area (Å²) in [5.74, 6) is 2.44. The lowest BCUT2D eigenvalue weighted by Crippen LogP contribution is -2.07. The number of hydrogen-bond donors (Lipinski definition) is 0. The molecular formula is C23H24N4OS2. The first-order valence-electron chi connectivity index (χ1n) is 9.88. The van der Waals surface area contributed by atoms with Crippen molar-refractivity contribution in [3.63, 3.8) is 0 Å². The zero-order valence-corrected chi connectivity index (χ0v) is 19.0. The molecule has 2 heterocycles. The highest BCUT2D eigenvalue weighted by molar-refractivity contribution is 7.98. The van der Waals surface area contributed by atoms with E-state index in [0.29, 0.717) is 6.61 Å². The Kier molecular flexibility index (Phi) is 6.50. The Hall–Kier alpha value is -2.64. The first-order valence-corrected chi connectivity index (χ1v) is 11.7. The maximum Gasteiger partial charge on any atom is 0.191 e. The lowest BCUT2D eigenvalue weighted by Gasteiger charge is -2.08. The molecule has 4 rings (SSSR count). The van der Waals surface area contributed by atoms with Gasteiger partial charge in [-0.25, -0.2) is 4.98 Å². The average molecular weight is 437 g/mol. The summed E-state index contributed by atoms with van der Waals surface area (Å²) < 4.78 is 7.99. The number of thiazole rings is 1. The number of aromatic nitrogens is 4. The van der Waals surface area contributed by atoms with Crippen molar-refractivity contribution in [2.24, 2.45) is 0 Å². The van der Waals surface area contributed by atoms with Crippen LogP contribution in [0.25, 0.3) is 10.6 Å². The molecule has 0 fully saturated rings. The maximum atomic E-state index is 5.88. The Balaban J connectivity index is 1.40. The van der Waals surface area contributed by atoms with Gasteiger partial charge in [0.15, 0.2) is 11.0 Å². The Morgan fingerprint density at radius 3 is 2.63 bits per heavy atom. The molecule has 2 aromatic heterocycles. The van der Waals surface area contributed by atoms with Crippen LogP contribution in [0.2, 0.25) is 0 Å². The number of hydrogen-bond acceptors (Lipinski definition) is 6. The number of rotatable bonds is 8. The van der Waals surface area contributed by atoms with E-state index < -0.39 is 0 Å². The van der Waals surface area contributed by atoms with Crippen LogP contribution in [0.5, 0.6) is 5.75 Å². The molecule has 154 valence electrons. The van der Waals surface area contributed by atoms with E-state index in [1.807, 2.05) is 24.3 Å². The monoisotopic (exact) mass is 436 g/mol. The van der Waals surface area contributed by atoms with Crippen molar-refractivity contribution in [3.05, 3.63) is 76.6 Å².